The molecule has 0 radical (unpaired) electrons. The number of aliphatic imine (C=N–C) groups is 1. The summed E-state index contributed by atoms with van der Waals surface area (Å²) in [5.74, 6) is 0.789. The first-order valence-corrected chi connectivity index (χ1v) is 10.1. The van der Waals surface area contributed by atoms with Gasteiger partial charge in [-0.05, 0) is 57.4 Å². The van der Waals surface area contributed by atoms with E-state index >= 15 is 0 Å². The first kappa shape index (κ1) is 22.5. The molecule has 1 unspecified atom stereocenters. The Morgan fingerprint density at radius 1 is 1.24 bits per heavy atom. The maximum Gasteiger partial charge on any atom is 0.253 e. The van der Waals surface area contributed by atoms with Crippen molar-refractivity contribution in [2.45, 2.75) is 46.7 Å². The molecule has 158 valence electrons. The maximum atomic E-state index is 12.0. The highest BCUT2D eigenvalue weighted by Gasteiger charge is 2.14. The van der Waals surface area contributed by atoms with Crippen molar-refractivity contribution in [1.82, 2.24) is 25.3 Å². The molecule has 1 aromatic carbocycles. The van der Waals surface area contributed by atoms with Crippen LogP contribution in [0, 0.1) is 13.8 Å². The van der Waals surface area contributed by atoms with Crippen LogP contribution in [0.5, 0.6) is 0 Å². The van der Waals surface area contributed by atoms with Gasteiger partial charge < -0.3 is 15.5 Å². The van der Waals surface area contributed by atoms with Crippen LogP contribution in [-0.4, -0.2) is 53.2 Å². The van der Waals surface area contributed by atoms with Gasteiger partial charge in [0.25, 0.3) is 5.91 Å². The molecule has 0 bridgehead atoms. The Hall–Kier alpha value is -2.83. The minimum absolute atomic E-state index is 0.00451. The third-order valence-corrected chi connectivity index (χ3v) is 4.92. The zero-order chi connectivity index (χ0) is 21.6. The molecular formula is C22H34N6O. The van der Waals surface area contributed by atoms with Crippen molar-refractivity contribution in [2.75, 3.05) is 20.6 Å². The SMILES string of the molecule is CCNC(=NCc1ccc(C(=O)N(C)C)cc1)NC(C)Cc1c(C)nn(C)c1C. The summed E-state index contributed by atoms with van der Waals surface area (Å²) >= 11 is 0. The summed E-state index contributed by atoms with van der Waals surface area (Å²) in [6.45, 7) is 9.70. The quantitative estimate of drug-likeness (QED) is 0.555. The van der Waals surface area contributed by atoms with Crippen LogP contribution >= 0.6 is 0 Å². The number of aromatic nitrogens is 2. The van der Waals surface area contributed by atoms with E-state index in [9.17, 15) is 4.79 Å². The first-order valence-electron chi connectivity index (χ1n) is 10.1. The molecule has 0 aliphatic carbocycles. The Kier molecular flexibility index (Phi) is 7.82. The van der Waals surface area contributed by atoms with Gasteiger partial charge >= 0.3 is 0 Å². The fraction of sp³-hybridized carbons (Fsp3) is 0.500. The van der Waals surface area contributed by atoms with Crippen LogP contribution in [0.2, 0.25) is 0 Å². The van der Waals surface area contributed by atoms with E-state index < -0.39 is 0 Å². The Morgan fingerprint density at radius 3 is 2.41 bits per heavy atom. The summed E-state index contributed by atoms with van der Waals surface area (Å²) in [6.07, 6.45) is 0.886. The van der Waals surface area contributed by atoms with Gasteiger partial charge in [-0.3, -0.25) is 9.48 Å². The van der Waals surface area contributed by atoms with E-state index in [1.165, 1.54) is 11.3 Å². The highest BCUT2D eigenvalue weighted by molar-refractivity contribution is 5.93. The minimum atomic E-state index is 0.00451. The smallest absolute Gasteiger partial charge is 0.253 e. The van der Waals surface area contributed by atoms with Crippen LogP contribution in [0.3, 0.4) is 0 Å². The molecule has 2 aromatic rings. The van der Waals surface area contributed by atoms with Gasteiger partial charge in [0.15, 0.2) is 5.96 Å². The Labute approximate surface area is 174 Å². The second-order valence-corrected chi connectivity index (χ2v) is 7.61. The third kappa shape index (κ3) is 6.07. The Balaban J connectivity index is 2.02. The van der Waals surface area contributed by atoms with Crippen LogP contribution in [0.25, 0.3) is 0 Å². The van der Waals surface area contributed by atoms with Crippen molar-refractivity contribution < 1.29 is 4.79 Å². The number of hydrogen-bond donors (Lipinski definition) is 2. The number of carbonyl (C=O) groups is 1. The van der Waals surface area contributed by atoms with Crippen LogP contribution in [0.1, 0.15) is 46.7 Å². The van der Waals surface area contributed by atoms with E-state index in [1.807, 2.05) is 36.0 Å². The Bertz CT molecular complexity index is 851. The number of nitrogens with one attached hydrogen (secondary N) is 2. The second-order valence-electron chi connectivity index (χ2n) is 7.61. The molecule has 0 aliphatic rings. The number of guanidine groups is 1. The van der Waals surface area contributed by atoms with Crippen LogP contribution in [0.15, 0.2) is 29.3 Å². The standard InChI is InChI=1S/C22H34N6O/c1-8-23-22(25-15(2)13-20-16(3)26-28(7)17(20)4)24-14-18-9-11-19(12-10-18)21(29)27(5)6/h9-12,15H,8,13-14H2,1-7H3,(H2,23,24,25). The molecule has 1 aromatic heterocycles. The van der Waals surface area contributed by atoms with Gasteiger partial charge in [0.05, 0.1) is 12.2 Å². The van der Waals surface area contributed by atoms with E-state index in [0.717, 1.165) is 30.2 Å². The highest BCUT2D eigenvalue weighted by atomic mass is 16.2. The zero-order valence-electron chi connectivity index (χ0n) is 18.7. The van der Waals surface area contributed by atoms with Crippen molar-refractivity contribution in [2.24, 2.45) is 12.0 Å². The maximum absolute atomic E-state index is 12.0. The molecule has 29 heavy (non-hydrogen) atoms. The molecule has 1 atom stereocenters. The van der Waals surface area contributed by atoms with Gasteiger partial charge in [-0.2, -0.15) is 5.10 Å². The molecule has 1 heterocycles. The summed E-state index contributed by atoms with van der Waals surface area (Å²) in [4.78, 5) is 18.3. The average molecular weight is 399 g/mol. The number of amides is 1. The van der Waals surface area contributed by atoms with E-state index in [2.05, 4.69) is 43.4 Å². The predicted octanol–water partition coefficient (Wildman–Crippen LogP) is 2.43. The predicted molar refractivity (Wildman–Crippen MR) is 118 cm³/mol. The lowest BCUT2D eigenvalue weighted by Crippen LogP contribution is -2.43. The number of nitrogens with zero attached hydrogens (tertiary/aromatic N) is 4. The molecule has 2 N–H and O–H groups in total. The molecule has 0 spiro atoms. The number of aryl methyl sites for hydroxylation is 2. The van der Waals surface area contributed by atoms with E-state index in [1.54, 1.807) is 19.0 Å². The minimum Gasteiger partial charge on any atom is -0.357 e. The summed E-state index contributed by atoms with van der Waals surface area (Å²) < 4.78 is 1.93. The molecule has 7 heteroatoms. The summed E-state index contributed by atoms with van der Waals surface area (Å²) in [6, 6.07) is 7.83. The number of carbonyl (C=O) groups excluding carboxylic acids is 1. The summed E-state index contributed by atoms with van der Waals surface area (Å²) in [7, 11) is 5.49. The van der Waals surface area contributed by atoms with Gasteiger partial charge in [0.1, 0.15) is 0 Å². The van der Waals surface area contributed by atoms with Gasteiger partial charge in [0.2, 0.25) is 0 Å². The second kappa shape index (κ2) is 10.1. The molecule has 0 saturated carbocycles. The monoisotopic (exact) mass is 398 g/mol. The van der Waals surface area contributed by atoms with Crippen LogP contribution in [-0.2, 0) is 20.0 Å². The fourth-order valence-corrected chi connectivity index (χ4v) is 3.20. The lowest BCUT2D eigenvalue weighted by molar-refractivity contribution is 0.0827. The van der Waals surface area contributed by atoms with Crippen molar-refractivity contribution in [1.29, 1.82) is 0 Å². The molecule has 0 aliphatic heterocycles. The zero-order valence-corrected chi connectivity index (χ0v) is 18.7. The van der Waals surface area contributed by atoms with Crippen LogP contribution < -0.4 is 10.6 Å². The normalized spacial score (nSPS) is 12.6. The van der Waals surface area contributed by atoms with Crippen molar-refractivity contribution in [3.63, 3.8) is 0 Å². The van der Waals surface area contributed by atoms with Gasteiger partial charge in [-0.25, -0.2) is 4.99 Å². The van der Waals surface area contributed by atoms with Crippen molar-refractivity contribution >= 4 is 11.9 Å². The van der Waals surface area contributed by atoms with E-state index in [4.69, 9.17) is 4.99 Å². The summed E-state index contributed by atoms with van der Waals surface area (Å²) in [5, 5.41) is 11.3. The van der Waals surface area contributed by atoms with Gasteiger partial charge in [0, 0.05) is 45.0 Å². The van der Waals surface area contributed by atoms with E-state index in [-0.39, 0.29) is 11.9 Å². The molecular weight excluding hydrogens is 364 g/mol. The third-order valence-electron chi connectivity index (χ3n) is 4.92. The number of rotatable bonds is 7. The fourth-order valence-electron chi connectivity index (χ4n) is 3.20. The first-order chi connectivity index (χ1) is 13.7. The lowest BCUT2D eigenvalue weighted by atomic mass is 10.1. The summed E-state index contributed by atoms with van der Waals surface area (Å²) in [5.41, 5.74) is 5.30. The van der Waals surface area contributed by atoms with Crippen molar-refractivity contribution in [3.05, 3.63) is 52.3 Å². The largest absolute Gasteiger partial charge is 0.357 e. The molecule has 1 amide bonds. The molecule has 2 rings (SSSR count). The van der Waals surface area contributed by atoms with Crippen LogP contribution in [0.4, 0.5) is 0 Å². The number of benzene rings is 1. The average Bonchev–Trinajstić information content (AvgIpc) is 2.92. The molecule has 0 fully saturated rings. The molecule has 7 nitrogen and oxygen atoms in total. The van der Waals surface area contributed by atoms with E-state index in [0.29, 0.717) is 12.1 Å². The van der Waals surface area contributed by atoms with Gasteiger partial charge in [-0.15, -0.1) is 0 Å². The Morgan fingerprint density at radius 2 is 1.90 bits per heavy atom. The molecule has 0 saturated heterocycles. The topological polar surface area (TPSA) is 74.6 Å². The number of hydrogen-bond acceptors (Lipinski definition) is 3. The highest BCUT2D eigenvalue weighted by Crippen LogP contribution is 2.14. The van der Waals surface area contributed by atoms with Crippen molar-refractivity contribution in [3.8, 4) is 0 Å². The lowest BCUT2D eigenvalue weighted by Gasteiger charge is -2.18. The van der Waals surface area contributed by atoms with Gasteiger partial charge in [-0.1, -0.05) is 12.1 Å².